The zero-order valence-electron chi connectivity index (χ0n) is 22.0. The van der Waals surface area contributed by atoms with E-state index in [0.717, 1.165) is 13.8 Å². The SMILES string of the molecule is C.C.C.C.CC(C)CC(C)(C)C(F)(F)C(C)(C)C(F)(F)F.CC(C)CC(C)(C)C(F)(F)C(C)(C)C(F)F. The largest absolute Gasteiger partial charge is 0.399 e. The molecule has 0 radical (unpaired) electrons. The second kappa shape index (κ2) is 15.2. The van der Waals surface area contributed by atoms with Crippen molar-refractivity contribution in [3.8, 4) is 0 Å². The van der Waals surface area contributed by atoms with Crippen LogP contribution in [-0.4, -0.2) is 24.4 Å². The molecule has 0 aliphatic carbocycles. The molecule has 0 aromatic rings. The number of halogens is 9. The molecular formula is C28H59F9. The fourth-order valence-corrected chi connectivity index (χ4v) is 4.33. The first-order valence-electron chi connectivity index (χ1n) is 11.1. The molecule has 0 rings (SSSR count). The lowest BCUT2D eigenvalue weighted by Gasteiger charge is -2.45. The quantitative estimate of drug-likeness (QED) is 0.244. The van der Waals surface area contributed by atoms with Crippen LogP contribution in [-0.2, 0) is 0 Å². The van der Waals surface area contributed by atoms with E-state index in [4.69, 9.17) is 0 Å². The van der Waals surface area contributed by atoms with Crippen LogP contribution in [0.1, 0.15) is 126 Å². The van der Waals surface area contributed by atoms with Crippen LogP contribution in [0, 0.1) is 33.5 Å². The Bertz CT molecular complexity index is 597. The highest BCUT2D eigenvalue weighted by molar-refractivity contribution is 5.00. The van der Waals surface area contributed by atoms with Gasteiger partial charge in [-0.05, 0) is 52.4 Å². The van der Waals surface area contributed by atoms with Crippen LogP contribution in [0.25, 0.3) is 0 Å². The Balaban J connectivity index is -0.000000117. The van der Waals surface area contributed by atoms with Crippen molar-refractivity contribution >= 4 is 0 Å². The molecule has 0 aliphatic heterocycles. The zero-order valence-corrected chi connectivity index (χ0v) is 22.0. The van der Waals surface area contributed by atoms with Crippen molar-refractivity contribution in [3.05, 3.63) is 0 Å². The first kappa shape index (κ1) is 49.3. The van der Waals surface area contributed by atoms with Gasteiger partial charge in [0.05, 0.1) is 5.41 Å². The maximum Gasteiger partial charge on any atom is 0.399 e. The minimum atomic E-state index is -4.93. The average Bonchev–Trinajstić information content (AvgIpc) is 2.50. The predicted molar refractivity (Wildman–Crippen MR) is 143 cm³/mol. The van der Waals surface area contributed by atoms with Crippen molar-refractivity contribution in [2.45, 2.75) is 150 Å². The summed E-state index contributed by atoms with van der Waals surface area (Å²) in [5, 5.41) is 0. The maximum atomic E-state index is 14.1. The van der Waals surface area contributed by atoms with Crippen LogP contribution in [0.3, 0.4) is 0 Å². The Hall–Kier alpha value is -0.630. The number of hydrogen-bond donors (Lipinski definition) is 0. The Labute approximate surface area is 223 Å². The summed E-state index contributed by atoms with van der Waals surface area (Å²) in [6.07, 6.45) is -7.70. The Morgan fingerprint density at radius 1 is 0.486 bits per heavy atom. The standard InChI is InChI=1S/C12H21F5.C12H22F4.4CH4/c1-8(2)7-9(3,4)11(13,14)10(5,6)12(15,16)17;1-8(2)7-10(3,4)12(15,16)11(5,6)9(13)14;;;;/h8H,7H2,1-6H3;8-9H,7H2,1-6H3;4*1H4. The predicted octanol–water partition coefficient (Wildman–Crippen LogP) is 12.8. The lowest BCUT2D eigenvalue weighted by molar-refractivity contribution is -0.315. The molecular weight excluding hydrogens is 507 g/mol. The normalized spacial score (nSPS) is 13.6. The molecule has 234 valence electrons. The smallest absolute Gasteiger partial charge is 0.210 e. The minimum Gasteiger partial charge on any atom is -0.210 e. The van der Waals surface area contributed by atoms with Gasteiger partial charge in [-0.2, -0.15) is 13.2 Å². The fourth-order valence-electron chi connectivity index (χ4n) is 4.33. The van der Waals surface area contributed by atoms with E-state index in [1.807, 2.05) is 13.8 Å². The molecule has 0 aromatic heterocycles. The van der Waals surface area contributed by atoms with Crippen LogP contribution in [0.5, 0.6) is 0 Å². The third kappa shape index (κ3) is 10.8. The maximum absolute atomic E-state index is 14.1. The van der Waals surface area contributed by atoms with E-state index in [1.54, 1.807) is 13.8 Å². The molecule has 0 atom stereocenters. The van der Waals surface area contributed by atoms with E-state index in [1.165, 1.54) is 27.7 Å². The molecule has 0 N–H and O–H groups in total. The first-order chi connectivity index (χ1) is 14.0. The summed E-state index contributed by atoms with van der Waals surface area (Å²) in [6, 6.07) is 0. The van der Waals surface area contributed by atoms with Gasteiger partial charge in [-0.15, -0.1) is 0 Å². The number of hydrogen-bond acceptors (Lipinski definition) is 0. The van der Waals surface area contributed by atoms with Gasteiger partial charge in [-0.3, -0.25) is 0 Å². The van der Waals surface area contributed by atoms with Crippen molar-refractivity contribution in [3.63, 3.8) is 0 Å². The van der Waals surface area contributed by atoms with E-state index in [9.17, 15) is 39.5 Å². The molecule has 0 bridgehead atoms. The topological polar surface area (TPSA) is 0 Å². The molecule has 0 saturated carbocycles. The molecule has 9 heteroatoms. The van der Waals surface area contributed by atoms with E-state index >= 15 is 0 Å². The third-order valence-corrected chi connectivity index (χ3v) is 6.39. The molecule has 0 nitrogen and oxygen atoms in total. The summed E-state index contributed by atoms with van der Waals surface area (Å²) < 4.78 is 120. The summed E-state index contributed by atoms with van der Waals surface area (Å²) in [4.78, 5) is 0. The second-order valence-corrected chi connectivity index (χ2v) is 12.3. The van der Waals surface area contributed by atoms with Crippen LogP contribution in [0.15, 0.2) is 0 Å². The van der Waals surface area contributed by atoms with Gasteiger partial charge in [-0.1, -0.05) is 85.1 Å². The van der Waals surface area contributed by atoms with E-state index in [2.05, 4.69) is 0 Å². The molecule has 0 amide bonds. The Morgan fingerprint density at radius 3 is 0.919 bits per heavy atom. The summed E-state index contributed by atoms with van der Waals surface area (Å²) in [5.41, 5.74) is -8.45. The monoisotopic (exact) mass is 566 g/mol. The Kier molecular flexibility index (Phi) is 20.3. The molecule has 0 aromatic carbocycles. The molecule has 37 heavy (non-hydrogen) atoms. The lowest BCUT2D eigenvalue weighted by atomic mass is 9.67. The molecule has 0 unspecified atom stereocenters. The second-order valence-electron chi connectivity index (χ2n) is 12.3. The van der Waals surface area contributed by atoms with E-state index in [-0.39, 0.29) is 54.4 Å². The molecule has 0 fully saturated rings. The summed E-state index contributed by atoms with van der Waals surface area (Å²) in [6.45, 7) is 15.2. The average molecular weight is 567 g/mol. The highest BCUT2D eigenvalue weighted by Crippen LogP contribution is 2.58. The lowest BCUT2D eigenvalue weighted by Crippen LogP contribution is -2.55. The van der Waals surface area contributed by atoms with Crippen molar-refractivity contribution in [2.24, 2.45) is 33.5 Å². The highest BCUT2D eigenvalue weighted by Gasteiger charge is 2.68. The molecule has 0 heterocycles. The van der Waals surface area contributed by atoms with E-state index in [0.29, 0.717) is 13.8 Å². The summed E-state index contributed by atoms with van der Waals surface area (Å²) in [7, 11) is 0. The molecule has 0 aliphatic rings. The van der Waals surface area contributed by atoms with Gasteiger partial charge in [0.25, 0.3) is 11.8 Å². The van der Waals surface area contributed by atoms with Gasteiger partial charge in [0.1, 0.15) is 5.41 Å². The summed E-state index contributed by atoms with van der Waals surface area (Å²) >= 11 is 0. The third-order valence-electron chi connectivity index (χ3n) is 6.39. The van der Waals surface area contributed by atoms with Crippen molar-refractivity contribution < 1.29 is 39.5 Å². The van der Waals surface area contributed by atoms with Gasteiger partial charge in [0.15, 0.2) is 0 Å². The number of rotatable bonds is 9. The van der Waals surface area contributed by atoms with Gasteiger partial charge in [-0.25, -0.2) is 26.3 Å². The number of alkyl halides is 9. The Morgan fingerprint density at radius 2 is 0.730 bits per heavy atom. The minimum absolute atomic E-state index is 0. The van der Waals surface area contributed by atoms with Crippen LogP contribution < -0.4 is 0 Å². The molecule has 0 saturated heterocycles. The van der Waals surface area contributed by atoms with Gasteiger partial charge in [0.2, 0.25) is 6.43 Å². The van der Waals surface area contributed by atoms with E-state index < -0.39 is 46.1 Å². The molecule has 0 spiro atoms. The zero-order chi connectivity index (χ0) is 27.6. The van der Waals surface area contributed by atoms with Gasteiger partial charge >= 0.3 is 6.18 Å². The first-order valence-corrected chi connectivity index (χ1v) is 11.1. The van der Waals surface area contributed by atoms with Gasteiger partial charge in [0, 0.05) is 10.8 Å². The van der Waals surface area contributed by atoms with Crippen LogP contribution >= 0.6 is 0 Å². The van der Waals surface area contributed by atoms with Crippen molar-refractivity contribution in [1.29, 1.82) is 0 Å². The van der Waals surface area contributed by atoms with Crippen molar-refractivity contribution in [2.75, 3.05) is 0 Å². The fraction of sp³-hybridized carbons (Fsp3) is 1.00. The van der Waals surface area contributed by atoms with Crippen molar-refractivity contribution in [1.82, 2.24) is 0 Å². The van der Waals surface area contributed by atoms with Crippen LogP contribution in [0.4, 0.5) is 39.5 Å². The van der Waals surface area contributed by atoms with Gasteiger partial charge < -0.3 is 0 Å². The van der Waals surface area contributed by atoms with Crippen LogP contribution in [0.2, 0.25) is 0 Å². The summed E-state index contributed by atoms with van der Waals surface area (Å²) in [5.74, 6) is -7.25. The highest BCUT2D eigenvalue weighted by atomic mass is 19.4.